The maximum atomic E-state index is 10.8. The minimum atomic E-state index is -1.06. The number of carbonyl (C=O) groups is 1. The number of thioether (sulfide) groups is 1. The quantitative estimate of drug-likeness (QED) is 0.811. The van der Waals surface area contributed by atoms with Crippen LogP contribution >= 0.6 is 11.8 Å². The van der Waals surface area contributed by atoms with Crippen molar-refractivity contribution in [1.29, 1.82) is 0 Å². The van der Waals surface area contributed by atoms with Crippen molar-refractivity contribution in [3.63, 3.8) is 0 Å². The molecule has 0 saturated carbocycles. The number of H-pyrrole nitrogens is 1. The van der Waals surface area contributed by atoms with Crippen LogP contribution in [-0.4, -0.2) is 26.5 Å². The maximum absolute atomic E-state index is 10.8. The van der Waals surface area contributed by atoms with Gasteiger partial charge in [-0.2, -0.15) is 5.21 Å². The lowest BCUT2D eigenvalue weighted by atomic mass is 10.1. The third-order valence-electron chi connectivity index (χ3n) is 2.34. The molecule has 0 aliphatic rings. The molecule has 0 atom stereocenters. The van der Waals surface area contributed by atoms with E-state index in [1.54, 1.807) is 0 Å². The Kier molecular flexibility index (Phi) is 3.43. The van der Waals surface area contributed by atoms with E-state index in [2.05, 4.69) is 15.4 Å². The van der Waals surface area contributed by atoms with Gasteiger partial charge in [0, 0.05) is 5.75 Å². The molecule has 0 unspecified atom stereocenters. The summed E-state index contributed by atoms with van der Waals surface area (Å²) in [5, 5.41) is 19.0. The van der Waals surface area contributed by atoms with Gasteiger partial charge in [0.2, 0.25) is 5.69 Å². The number of nitrogens with one attached hydrogen (secondary N) is 1. The third kappa shape index (κ3) is 2.65. The molecule has 2 rings (SSSR count). The number of nitrogens with zero attached hydrogens (tertiary/aromatic N) is 2. The van der Waals surface area contributed by atoms with Crippen LogP contribution in [-0.2, 0) is 5.75 Å². The molecule has 5 nitrogen and oxygen atoms in total. The molecule has 0 fully saturated rings. The number of benzene rings is 1. The summed E-state index contributed by atoms with van der Waals surface area (Å²) in [6.45, 7) is 2.02. The lowest BCUT2D eigenvalue weighted by Gasteiger charge is -2.03. The van der Waals surface area contributed by atoms with E-state index in [1.165, 1.54) is 17.3 Å². The predicted molar refractivity (Wildman–Crippen MR) is 64.1 cm³/mol. The fourth-order valence-corrected chi connectivity index (χ4v) is 2.37. The summed E-state index contributed by atoms with van der Waals surface area (Å²) in [4.78, 5) is 10.8. The highest BCUT2D eigenvalue weighted by Gasteiger charge is 2.15. The summed E-state index contributed by atoms with van der Waals surface area (Å²) in [7, 11) is 0. The molecule has 0 aliphatic heterocycles. The maximum Gasteiger partial charge on any atom is 0.359 e. The number of aromatic nitrogens is 3. The van der Waals surface area contributed by atoms with E-state index in [0.29, 0.717) is 10.8 Å². The van der Waals surface area contributed by atoms with E-state index in [4.69, 9.17) is 5.11 Å². The molecule has 2 aromatic rings. The second-order valence-corrected chi connectivity index (χ2v) is 4.46. The van der Waals surface area contributed by atoms with Crippen molar-refractivity contribution in [2.75, 3.05) is 0 Å². The number of aromatic carboxylic acids is 1. The Balaban J connectivity index is 2.10. The van der Waals surface area contributed by atoms with Crippen molar-refractivity contribution in [2.45, 2.75) is 17.7 Å². The van der Waals surface area contributed by atoms with Gasteiger partial charge in [-0.1, -0.05) is 36.0 Å². The van der Waals surface area contributed by atoms with Gasteiger partial charge in [-0.3, -0.25) is 0 Å². The molecule has 17 heavy (non-hydrogen) atoms. The molecule has 6 heteroatoms. The average Bonchev–Trinajstić information content (AvgIpc) is 2.76. The summed E-state index contributed by atoms with van der Waals surface area (Å²) in [6, 6.07) is 7.98. The summed E-state index contributed by atoms with van der Waals surface area (Å²) >= 11 is 1.36. The number of carboxylic acids is 1. The van der Waals surface area contributed by atoms with Gasteiger partial charge in [0.05, 0.1) is 0 Å². The zero-order chi connectivity index (χ0) is 12.3. The Labute approximate surface area is 102 Å². The van der Waals surface area contributed by atoms with Crippen LogP contribution < -0.4 is 0 Å². The average molecular weight is 249 g/mol. The van der Waals surface area contributed by atoms with E-state index >= 15 is 0 Å². The molecule has 0 radical (unpaired) electrons. The van der Waals surface area contributed by atoms with Crippen LogP contribution in [0.4, 0.5) is 0 Å². The van der Waals surface area contributed by atoms with E-state index in [-0.39, 0.29) is 5.69 Å². The number of carboxylic acid groups (broad SMARTS) is 1. The van der Waals surface area contributed by atoms with Crippen molar-refractivity contribution >= 4 is 17.7 Å². The smallest absolute Gasteiger partial charge is 0.359 e. The first-order chi connectivity index (χ1) is 8.18. The van der Waals surface area contributed by atoms with Gasteiger partial charge >= 0.3 is 5.97 Å². The molecule has 1 aromatic carbocycles. The Morgan fingerprint density at radius 2 is 2.18 bits per heavy atom. The minimum Gasteiger partial charge on any atom is -0.476 e. The lowest BCUT2D eigenvalue weighted by Crippen LogP contribution is -1.98. The second kappa shape index (κ2) is 5.01. The molecule has 0 saturated heterocycles. The van der Waals surface area contributed by atoms with Crippen LogP contribution in [0.2, 0.25) is 0 Å². The number of hydrogen-bond acceptors (Lipinski definition) is 4. The van der Waals surface area contributed by atoms with Crippen LogP contribution in [0.15, 0.2) is 29.3 Å². The Morgan fingerprint density at radius 1 is 1.41 bits per heavy atom. The first-order valence-electron chi connectivity index (χ1n) is 5.00. The Hall–Kier alpha value is -1.82. The van der Waals surface area contributed by atoms with Crippen molar-refractivity contribution in [1.82, 2.24) is 15.4 Å². The topological polar surface area (TPSA) is 78.9 Å². The highest BCUT2D eigenvalue weighted by molar-refractivity contribution is 7.98. The molecule has 1 heterocycles. The first kappa shape index (κ1) is 11.7. The van der Waals surface area contributed by atoms with Crippen LogP contribution in [0.3, 0.4) is 0 Å². The van der Waals surface area contributed by atoms with Crippen molar-refractivity contribution in [3.05, 3.63) is 41.1 Å². The van der Waals surface area contributed by atoms with E-state index in [9.17, 15) is 4.79 Å². The fraction of sp³-hybridized carbons (Fsp3) is 0.182. The van der Waals surface area contributed by atoms with Gasteiger partial charge in [0.1, 0.15) is 0 Å². The summed E-state index contributed by atoms with van der Waals surface area (Å²) in [5.41, 5.74) is 2.32. The second-order valence-electron chi connectivity index (χ2n) is 3.50. The lowest BCUT2D eigenvalue weighted by molar-refractivity contribution is 0.0686. The number of rotatable bonds is 4. The SMILES string of the molecule is Cc1ccccc1CSc1n[nH]nc1C(=O)O. The molecule has 0 aliphatic carbocycles. The summed E-state index contributed by atoms with van der Waals surface area (Å²) in [5.74, 6) is -0.384. The minimum absolute atomic E-state index is 0.0245. The summed E-state index contributed by atoms with van der Waals surface area (Å²) in [6.07, 6.45) is 0. The zero-order valence-corrected chi connectivity index (χ0v) is 9.99. The molecule has 88 valence electrons. The van der Waals surface area contributed by atoms with Crippen molar-refractivity contribution < 1.29 is 9.90 Å². The van der Waals surface area contributed by atoms with E-state index in [0.717, 1.165) is 5.56 Å². The van der Waals surface area contributed by atoms with Gasteiger partial charge < -0.3 is 5.11 Å². The predicted octanol–water partition coefficient (Wildman–Crippen LogP) is 2.10. The van der Waals surface area contributed by atoms with Gasteiger partial charge in [0.25, 0.3) is 0 Å². The van der Waals surface area contributed by atoms with Gasteiger partial charge in [-0.05, 0) is 18.1 Å². The molecule has 0 bridgehead atoms. The third-order valence-corrected chi connectivity index (χ3v) is 3.36. The molecular formula is C11H11N3O2S. The normalized spacial score (nSPS) is 10.4. The van der Waals surface area contributed by atoms with Gasteiger partial charge in [-0.25, -0.2) is 4.79 Å². The molecule has 0 spiro atoms. The van der Waals surface area contributed by atoms with Crippen LogP contribution in [0, 0.1) is 6.92 Å². The zero-order valence-electron chi connectivity index (χ0n) is 9.17. The fourth-order valence-electron chi connectivity index (χ4n) is 1.38. The number of hydrogen-bond donors (Lipinski definition) is 2. The highest BCUT2D eigenvalue weighted by Crippen LogP contribution is 2.24. The van der Waals surface area contributed by atoms with Crippen molar-refractivity contribution in [2.24, 2.45) is 0 Å². The standard InChI is InChI=1S/C11H11N3O2S/c1-7-4-2-3-5-8(7)6-17-10-9(11(15)16)12-14-13-10/h2-5H,6H2,1H3,(H,15,16)(H,12,13,14). The molecule has 2 N–H and O–H groups in total. The monoisotopic (exact) mass is 249 g/mol. The van der Waals surface area contributed by atoms with Gasteiger partial charge in [0.15, 0.2) is 5.03 Å². The number of aromatic amines is 1. The Morgan fingerprint density at radius 3 is 2.88 bits per heavy atom. The van der Waals surface area contributed by atoms with E-state index in [1.807, 2.05) is 31.2 Å². The van der Waals surface area contributed by atoms with Crippen LogP contribution in [0.25, 0.3) is 0 Å². The van der Waals surface area contributed by atoms with Crippen LogP contribution in [0.1, 0.15) is 21.6 Å². The van der Waals surface area contributed by atoms with E-state index < -0.39 is 5.97 Å². The van der Waals surface area contributed by atoms with Crippen LogP contribution in [0.5, 0.6) is 0 Å². The van der Waals surface area contributed by atoms with Gasteiger partial charge in [-0.15, -0.1) is 10.2 Å². The van der Waals surface area contributed by atoms with Crippen molar-refractivity contribution in [3.8, 4) is 0 Å². The number of aryl methyl sites for hydroxylation is 1. The molecular weight excluding hydrogens is 238 g/mol. The molecule has 0 amide bonds. The first-order valence-corrected chi connectivity index (χ1v) is 5.98. The molecule has 1 aromatic heterocycles. The largest absolute Gasteiger partial charge is 0.476 e. The highest BCUT2D eigenvalue weighted by atomic mass is 32.2. The summed E-state index contributed by atoms with van der Waals surface area (Å²) < 4.78 is 0. The Bertz CT molecular complexity index is 539.